The predicted octanol–water partition coefficient (Wildman–Crippen LogP) is 2.40. The van der Waals surface area contributed by atoms with E-state index in [0.29, 0.717) is 24.7 Å². The van der Waals surface area contributed by atoms with Crippen LogP contribution in [0.4, 0.5) is 0 Å². The molecule has 0 aliphatic carbocycles. The van der Waals surface area contributed by atoms with Crippen molar-refractivity contribution in [2.75, 3.05) is 6.61 Å². The summed E-state index contributed by atoms with van der Waals surface area (Å²) in [6.45, 7) is 4.76. The van der Waals surface area contributed by atoms with Crippen LogP contribution in [0.5, 0.6) is 6.01 Å². The fourth-order valence-electron chi connectivity index (χ4n) is 2.28. The van der Waals surface area contributed by atoms with Crippen molar-refractivity contribution in [2.24, 2.45) is 0 Å². The summed E-state index contributed by atoms with van der Waals surface area (Å²) in [7, 11) is 0. The van der Waals surface area contributed by atoms with Gasteiger partial charge in [0.25, 0.3) is 6.01 Å². The Morgan fingerprint density at radius 2 is 2.30 bits per heavy atom. The monoisotopic (exact) mass is 314 g/mol. The molecule has 3 rings (SSSR count). The van der Waals surface area contributed by atoms with Crippen LogP contribution in [0.25, 0.3) is 11.0 Å². The number of hydrogen-bond acceptors (Lipinski definition) is 5. The number of aromatic nitrogens is 4. The lowest BCUT2D eigenvalue weighted by Crippen LogP contribution is -2.21. The normalized spacial score (nSPS) is 12.3. The largest absolute Gasteiger partial charge is 0.465 e. The van der Waals surface area contributed by atoms with E-state index in [0.717, 1.165) is 11.0 Å². The quantitative estimate of drug-likeness (QED) is 0.707. The van der Waals surface area contributed by atoms with E-state index < -0.39 is 0 Å². The summed E-state index contributed by atoms with van der Waals surface area (Å²) >= 11 is 0. The number of hydrogen-bond donors (Lipinski definition) is 1. The number of esters is 1. The number of nitrogens with one attached hydrogen (secondary N) is 1. The maximum absolute atomic E-state index is 12.2. The average Bonchev–Trinajstić information content (AvgIpc) is 3.15. The lowest BCUT2D eigenvalue weighted by atomic mass is 10.2. The van der Waals surface area contributed by atoms with Crippen molar-refractivity contribution in [1.82, 2.24) is 19.7 Å². The van der Waals surface area contributed by atoms with Crippen LogP contribution >= 0.6 is 0 Å². The van der Waals surface area contributed by atoms with Crippen LogP contribution in [0, 0.1) is 0 Å². The predicted molar refractivity (Wildman–Crippen MR) is 84.4 cm³/mol. The van der Waals surface area contributed by atoms with Crippen LogP contribution < -0.4 is 4.74 Å². The molecule has 7 nitrogen and oxygen atoms in total. The molecule has 120 valence electrons. The molecule has 0 aliphatic heterocycles. The smallest absolute Gasteiger partial charge is 0.338 e. The molecule has 0 fully saturated rings. The zero-order valence-corrected chi connectivity index (χ0v) is 13.0. The first-order valence-electron chi connectivity index (χ1n) is 7.46. The Hall–Kier alpha value is -2.83. The van der Waals surface area contributed by atoms with E-state index in [1.165, 1.54) is 0 Å². The zero-order chi connectivity index (χ0) is 16.2. The minimum atomic E-state index is -0.376. The molecule has 0 saturated carbocycles. The van der Waals surface area contributed by atoms with Crippen molar-refractivity contribution in [2.45, 2.75) is 26.5 Å². The van der Waals surface area contributed by atoms with E-state index in [2.05, 4.69) is 15.1 Å². The third-order valence-electron chi connectivity index (χ3n) is 3.29. The van der Waals surface area contributed by atoms with E-state index in [-0.39, 0.29) is 12.1 Å². The molecule has 0 aliphatic rings. The van der Waals surface area contributed by atoms with Gasteiger partial charge in [-0.15, -0.1) is 0 Å². The number of carbonyl (C=O) groups is 1. The zero-order valence-electron chi connectivity index (χ0n) is 13.0. The third-order valence-corrected chi connectivity index (χ3v) is 3.29. The Morgan fingerprint density at radius 3 is 3.04 bits per heavy atom. The van der Waals surface area contributed by atoms with Crippen molar-refractivity contribution in [3.8, 4) is 6.01 Å². The Bertz CT molecular complexity index is 795. The van der Waals surface area contributed by atoms with Gasteiger partial charge in [0.1, 0.15) is 6.10 Å². The molecule has 23 heavy (non-hydrogen) atoms. The molecule has 1 N–H and O–H groups in total. The standard InChI is InChI=1S/C16H18N4O3/c1-3-22-16-18-13-6-5-12(9-14(13)19-16)15(21)23-11(2)10-20-8-4-7-17-20/h4-9,11H,3,10H2,1-2H3,(H,18,19). The molecule has 1 unspecified atom stereocenters. The molecule has 1 atom stereocenters. The van der Waals surface area contributed by atoms with Crippen molar-refractivity contribution in [3.05, 3.63) is 42.2 Å². The maximum atomic E-state index is 12.2. The topological polar surface area (TPSA) is 82.0 Å². The number of benzene rings is 1. The average molecular weight is 314 g/mol. The molecule has 0 spiro atoms. The maximum Gasteiger partial charge on any atom is 0.338 e. The number of nitrogens with zero attached hydrogens (tertiary/aromatic N) is 3. The summed E-state index contributed by atoms with van der Waals surface area (Å²) in [5.41, 5.74) is 1.95. The number of ether oxygens (including phenoxy) is 2. The van der Waals surface area contributed by atoms with E-state index in [4.69, 9.17) is 9.47 Å². The number of fused-ring (bicyclic) bond motifs is 1. The summed E-state index contributed by atoms with van der Waals surface area (Å²) in [6.07, 6.45) is 3.24. The molecule has 1 aromatic carbocycles. The minimum Gasteiger partial charge on any atom is -0.465 e. The highest BCUT2D eigenvalue weighted by Gasteiger charge is 2.14. The molecular formula is C16H18N4O3. The van der Waals surface area contributed by atoms with Gasteiger partial charge in [-0.3, -0.25) is 4.68 Å². The molecule has 3 aromatic rings. The van der Waals surface area contributed by atoms with Gasteiger partial charge >= 0.3 is 5.97 Å². The number of carbonyl (C=O) groups excluding carboxylic acids is 1. The highest BCUT2D eigenvalue weighted by atomic mass is 16.5. The first-order chi connectivity index (χ1) is 11.2. The second-order valence-electron chi connectivity index (χ2n) is 5.15. The molecule has 2 heterocycles. The van der Waals surface area contributed by atoms with Crippen molar-refractivity contribution >= 4 is 17.0 Å². The number of H-pyrrole nitrogens is 1. The van der Waals surface area contributed by atoms with Gasteiger partial charge < -0.3 is 14.5 Å². The van der Waals surface area contributed by atoms with Gasteiger partial charge in [-0.05, 0) is 38.1 Å². The molecule has 0 amide bonds. The van der Waals surface area contributed by atoms with E-state index in [1.807, 2.05) is 26.1 Å². The summed E-state index contributed by atoms with van der Waals surface area (Å²) in [5.74, 6) is -0.376. The van der Waals surface area contributed by atoms with E-state index in [1.54, 1.807) is 29.1 Å². The summed E-state index contributed by atoms with van der Waals surface area (Å²) in [5, 5.41) is 4.10. The fourth-order valence-corrected chi connectivity index (χ4v) is 2.28. The van der Waals surface area contributed by atoms with E-state index in [9.17, 15) is 4.79 Å². The Morgan fingerprint density at radius 1 is 1.43 bits per heavy atom. The minimum absolute atomic E-state index is 0.279. The Labute approximate surface area is 133 Å². The van der Waals surface area contributed by atoms with Crippen LogP contribution in [0.3, 0.4) is 0 Å². The molecular weight excluding hydrogens is 296 g/mol. The highest BCUT2D eigenvalue weighted by Crippen LogP contribution is 2.18. The van der Waals surface area contributed by atoms with E-state index >= 15 is 0 Å². The Balaban J connectivity index is 1.70. The van der Waals surface area contributed by atoms with Crippen LogP contribution in [-0.4, -0.2) is 38.4 Å². The highest BCUT2D eigenvalue weighted by molar-refractivity contribution is 5.93. The molecule has 2 aromatic heterocycles. The van der Waals surface area contributed by atoms with Gasteiger partial charge in [-0.1, -0.05) is 0 Å². The van der Waals surface area contributed by atoms with Crippen molar-refractivity contribution in [3.63, 3.8) is 0 Å². The molecule has 0 bridgehead atoms. The summed E-state index contributed by atoms with van der Waals surface area (Å²) in [6, 6.07) is 7.45. The van der Waals surface area contributed by atoms with Gasteiger partial charge in [0.2, 0.25) is 0 Å². The summed E-state index contributed by atoms with van der Waals surface area (Å²) in [4.78, 5) is 19.5. The Kier molecular flexibility index (Phi) is 4.27. The van der Waals surface area contributed by atoms with Gasteiger partial charge in [0.15, 0.2) is 0 Å². The number of rotatable bonds is 6. The number of aromatic amines is 1. The van der Waals surface area contributed by atoms with Crippen LogP contribution in [0.1, 0.15) is 24.2 Å². The van der Waals surface area contributed by atoms with Gasteiger partial charge in [-0.2, -0.15) is 10.1 Å². The van der Waals surface area contributed by atoms with Crippen LogP contribution in [-0.2, 0) is 11.3 Å². The van der Waals surface area contributed by atoms with Crippen LogP contribution in [0.15, 0.2) is 36.7 Å². The van der Waals surface area contributed by atoms with Crippen molar-refractivity contribution < 1.29 is 14.3 Å². The van der Waals surface area contributed by atoms with Gasteiger partial charge in [0.05, 0.1) is 29.7 Å². The fraction of sp³-hybridized carbons (Fsp3) is 0.312. The molecule has 0 radical (unpaired) electrons. The van der Waals surface area contributed by atoms with Crippen LogP contribution in [0.2, 0.25) is 0 Å². The lowest BCUT2D eigenvalue weighted by molar-refractivity contribution is 0.0299. The molecule has 0 saturated heterocycles. The summed E-state index contributed by atoms with van der Waals surface area (Å²) < 4.78 is 12.5. The SMILES string of the molecule is CCOc1nc2ccc(C(=O)OC(C)Cn3cccn3)cc2[nH]1. The van der Waals surface area contributed by atoms with Gasteiger partial charge in [0, 0.05) is 12.4 Å². The lowest BCUT2D eigenvalue weighted by Gasteiger charge is -2.13. The number of imidazole rings is 1. The third kappa shape index (κ3) is 3.50. The first kappa shape index (κ1) is 15.1. The second-order valence-corrected chi connectivity index (χ2v) is 5.15. The van der Waals surface area contributed by atoms with Crippen molar-refractivity contribution in [1.29, 1.82) is 0 Å². The molecule has 7 heteroatoms. The first-order valence-corrected chi connectivity index (χ1v) is 7.46. The second kappa shape index (κ2) is 6.51. The van der Waals surface area contributed by atoms with Gasteiger partial charge in [-0.25, -0.2) is 4.79 Å².